The average molecular weight is 357 g/mol. The van der Waals surface area contributed by atoms with Gasteiger partial charge in [-0.1, -0.05) is 26.0 Å². The van der Waals surface area contributed by atoms with Crippen LogP contribution in [0.25, 0.3) is 21.7 Å². The molecule has 3 aromatic rings. The zero-order valence-corrected chi connectivity index (χ0v) is 17.1. The lowest BCUT2D eigenvalue weighted by molar-refractivity contribution is -0.750. The van der Waals surface area contributed by atoms with Gasteiger partial charge in [0.2, 0.25) is 5.52 Å². The van der Waals surface area contributed by atoms with Crippen LogP contribution >= 0.6 is 0 Å². The Morgan fingerprint density at radius 2 is 1.85 bits per heavy atom. The van der Waals surface area contributed by atoms with E-state index in [1.54, 1.807) is 27.5 Å². The van der Waals surface area contributed by atoms with Gasteiger partial charge in [-0.15, -0.1) is 0 Å². The predicted molar refractivity (Wildman–Crippen MR) is 113 cm³/mol. The fourth-order valence-electron chi connectivity index (χ4n) is 7.12. The molecule has 0 radical (unpaired) electrons. The molecular weight excluding hydrogens is 326 g/mol. The van der Waals surface area contributed by atoms with Gasteiger partial charge in [-0.25, -0.2) is 0 Å². The van der Waals surface area contributed by atoms with Gasteiger partial charge in [0, 0.05) is 24.8 Å². The van der Waals surface area contributed by atoms with E-state index in [1.807, 2.05) is 0 Å². The van der Waals surface area contributed by atoms with Crippen molar-refractivity contribution < 1.29 is 4.57 Å². The Morgan fingerprint density at radius 1 is 1.04 bits per heavy atom. The number of benzene rings is 2. The highest BCUT2D eigenvalue weighted by Gasteiger charge is 2.56. The lowest BCUT2D eigenvalue weighted by Crippen LogP contribution is -2.66. The summed E-state index contributed by atoms with van der Waals surface area (Å²) in [5.41, 5.74) is 6.79. The largest absolute Gasteiger partial charge is 0.221 e. The van der Waals surface area contributed by atoms with Crippen LogP contribution in [0, 0.1) is 0 Å². The Kier molecular flexibility index (Phi) is 2.94. The van der Waals surface area contributed by atoms with E-state index in [-0.39, 0.29) is 11.0 Å². The zero-order valence-electron chi connectivity index (χ0n) is 17.1. The van der Waals surface area contributed by atoms with Crippen molar-refractivity contribution in [3.05, 3.63) is 53.2 Å². The minimum Gasteiger partial charge on any atom is -0.192 e. The van der Waals surface area contributed by atoms with Gasteiger partial charge < -0.3 is 0 Å². The van der Waals surface area contributed by atoms with Crippen LogP contribution in [-0.4, -0.2) is 0 Å². The molecule has 2 heterocycles. The fraction of sp³-hybridized carbons (Fsp3) is 0.500. The maximum absolute atomic E-state index is 2.68. The number of hydrogen-bond acceptors (Lipinski definition) is 0. The third kappa shape index (κ3) is 1.63. The molecule has 0 amide bonds. The minimum atomic E-state index is 0.106. The number of nitrogens with zero attached hydrogens (tertiary/aromatic N) is 1. The first-order valence-corrected chi connectivity index (χ1v) is 11.0. The standard InChI is InChI=1S/C26H30N/c1-5-25(3)21-15-20-17-9-10-18(14-17)22(20)19-12-11-16-8-7-13-27(24(16)23(19)21)26(25,4)6-2/h7-8,11-13,15,17-18H,5-6,9-10,14H2,1-4H3/q+1. The second-order valence-electron chi connectivity index (χ2n) is 9.75. The molecule has 1 nitrogen and oxygen atoms in total. The number of fused-ring (bicyclic) bond motifs is 6. The third-order valence-corrected chi connectivity index (χ3v) is 9.12. The highest BCUT2D eigenvalue weighted by atomic mass is 15.1. The van der Waals surface area contributed by atoms with Crippen LogP contribution in [0.5, 0.6) is 0 Å². The van der Waals surface area contributed by atoms with E-state index in [0.717, 1.165) is 18.3 Å². The molecular formula is C26H30N+. The van der Waals surface area contributed by atoms with Gasteiger partial charge in [0.05, 0.1) is 10.8 Å². The Balaban J connectivity index is 1.89. The van der Waals surface area contributed by atoms with E-state index >= 15 is 0 Å². The summed E-state index contributed by atoms with van der Waals surface area (Å²) in [5, 5.41) is 4.53. The van der Waals surface area contributed by atoms with Crippen LogP contribution in [0.3, 0.4) is 0 Å². The van der Waals surface area contributed by atoms with Gasteiger partial charge in [0.15, 0.2) is 11.7 Å². The van der Waals surface area contributed by atoms with E-state index in [2.05, 4.69) is 68.8 Å². The summed E-state index contributed by atoms with van der Waals surface area (Å²) in [5.74, 6) is 1.63. The molecule has 4 unspecified atom stereocenters. The third-order valence-electron chi connectivity index (χ3n) is 9.12. The fourth-order valence-corrected chi connectivity index (χ4v) is 7.12. The van der Waals surface area contributed by atoms with Crippen LogP contribution in [0.15, 0.2) is 36.5 Å². The molecule has 4 atom stereocenters. The molecule has 2 aromatic carbocycles. The molecule has 3 aliphatic rings. The van der Waals surface area contributed by atoms with Crippen LogP contribution < -0.4 is 4.57 Å². The molecule has 2 aliphatic carbocycles. The summed E-state index contributed by atoms with van der Waals surface area (Å²) in [6.07, 6.45) is 8.88. The molecule has 0 saturated heterocycles. The van der Waals surface area contributed by atoms with Gasteiger partial charge in [0.1, 0.15) is 0 Å². The zero-order chi connectivity index (χ0) is 18.6. The van der Waals surface area contributed by atoms with Crippen molar-refractivity contribution in [2.45, 2.75) is 82.6 Å². The van der Waals surface area contributed by atoms with E-state index in [0.29, 0.717) is 0 Å². The molecule has 27 heavy (non-hydrogen) atoms. The first-order valence-electron chi connectivity index (χ1n) is 11.0. The highest BCUT2D eigenvalue weighted by Crippen LogP contribution is 2.59. The van der Waals surface area contributed by atoms with Crippen molar-refractivity contribution in [1.29, 1.82) is 0 Å². The molecule has 0 N–H and O–H groups in total. The van der Waals surface area contributed by atoms with Gasteiger partial charge in [0.25, 0.3) is 0 Å². The summed E-state index contributed by atoms with van der Waals surface area (Å²) in [6.45, 7) is 9.80. The van der Waals surface area contributed by atoms with Crippen LogP contribution in [-0.2, 0) is 11.0 Å². The number of hydrogen-bond donors (Lipinski definition) is 0. The Labute approximate surface area is 162 Å². The molecule has 1 aromatic heterocycles. The highest BCUT2D eigenvalue weighted by molar-refractivity contribution is 6.08. The van der Waals surface area contributed by atoms with Crippen LogP contribution in [0.1, 0.15) is 88.3 Å². The van der Waals surface area contributed by atoms with Crippen LogP contribution in [0.2, 0.25) is 0 Å². The normalized spacial score (nSPS) is 33.3. The van der Waals surface area contributed by atoms with Gasteiger partial charge in [-0.05, 0) is 78.7 Å². The monoisotopic (exact) mass is 356 g/mol. The summed E-state index contributed by atoms with van der Waals surface area (Å²) < 4.78 is 2.64. The Morgan fingerprint density at radius 3 is 2.63 bits per heavy atom. The lowest BCUT2D eigenvalue weighted by atomic mass is 9.60. The van der Waals surface area contributed by atoms with Crippen molar-refractivity contribution >= 4 is 21.7 Å². The van der Waals surface area contributed by atoms with E-state index < -0.39 is 0 Å². The van der Waals surface area contributed by atoms with E-state index in [4.69, 9.17) is 0 Å². The average Bonchev–Trinajstić information content (AvgIpc) is 3.32. The molecule has 1 saturated carbocycles. The summed E-state index contributed by atoms with van der Waals surface area (Å²) in [4.78, 5) is 0. The molecule has 2 bridgehead atoms. The number of pyridine rings is 1. The second-order valence-corrected chi connectivity index (χ2v) is 9.75. The van der Waals surface area contributed by atoms with Gasteiger partial charge in [-0.2, -0.15) is 4.57 Å². The smallest absolute Gasteiger partial charge is 0.192 e. The van der Waals surface area contributed by atoms with Crippen molar-refractivity contribution in [2.75, 3.05) is 0 Å². The molecule has 0 spiro atoms. The predicted octanol–water partition coefficient (Wildman–Crippen LogP) is 6.45. The molecule has 6 rings (SSSR count). The maximum atomic E-state index is 2.68. The maximum Gasteiger partial charge on any atom is 0.221 e. The van der Waals surface area contributed by atoms with E-state index in [9.17, 15) is 0 Å². The minimum absolute atomic E-state index is 0.106. The molecule has 1 aliphatic heterocycles. The molecule has 1 fully saturated rings. The van der Waals surface area contributed by atoms with Gasteiger partial charge >= 0.3 is 0 Å². The summed E-state index contributed by atoms with van der Waals surface area (Å²) in [6, 6.07) is 12.1. The lowest BCUT2D eigenvalue weighted by Gasteiger charge is -2.45. The van der Waals surface area contributed by atoms with Crippen molar-refractivity contribution in [1.82, 2.24) is 0 Å². The summed E-state index contributed by atoms with van der Waals surface area (Å²) in [7, 11) is 0. The molecule has 138 valence electrons. The SMILES string of the molecule is CCC1(C)c2cc3c(c4ccc5ccc[n+](c5c24)C1(C)CC)C1CCC3C1. The Hall–Kier alpha value is -1.89. The summed E-state index contributed by atoms with van der Waals surface area (Å²) >= 11 is 0. The van der Waals surface area contributed by atoms with Crippen LogP contribution in [0.4, 0.5) is 0 Å². The second kappa shape index (κ2) is 4.93. The Bertz CT molecular complexity index is 1130. The number of rotatable bonds is 2. The van der Waals surface area contributed by atoms with Crippen molar-refractivity contribution in [2.24, 2.45) is 0 Å². The van der Waals surface area contributed by atoms with E-state index in [1.165, 1.54) is 36.6 Å². The first kappa shape index (κ1) is 16.1. The van der Waals surface area contributed by atoms with Gasteiger partial charge in [-0.3, -0.25) is 0 Å². The van der Waals surface area contributed by atoms with Crippen molar-refractivity contribution in [3.8, 4) is 0 Å². The van der Waals surface area contributed by atoms with Crippen molar-refractivity contribution in [3.63, 3.8) is 0 Å². The first-order chi connectivity index (χ1) is 13.0. The number of aromatic nitrogens is 1. The molecule has 1 heteroatoms. The quantitative estimate of drug-likeness (QED) is 0.367. The topological polar surface area (TPSA) is 3.88 Å².